The van der Waals surface area contributed by atoms with Crippen LogP contribution in [0.5, 0.6) is 11.6 Å². The molecule has 1 aliphatic carbocycles. The highest BCUT2D eigenvalue weighted by molar-refractivity contribution is 5.85. The second-order valence-corrected chi connectivity index (χ2v) is 7.08. The van der Waals surface area contributed by atoms with Crippen LogP contribution in [0.4, 0.5) is 4.39 Å². The molecule has 2 aromatic rings. The number of pyridine rings is 1. The highest BCUT2D eigenvalue weighted by Crippen LogP contribution is 2.31. The van der Waals surface area contributed by atoms with Crippen LogP contribution in [0.1, 0.15) is 38.2 Å². The number of amides is 1. The van der Waals surface area contributed by atoms with Crippen molar-refractivity contribution in [1.29, 1.82) is 0 Å². The fraction of sp³-hybridized carbons (Fsp3) is 0.400. The Balaban J connectivity index is 0.00000196. The number of halogens is 3. The lowest BCUT2D eigenvalue weighted by atomic mass is 9.74. The lowest BCUT2D eigenvalue weighted by Crippen LogP contribution is -2.52. The molecule has 3 rings (SSSR count). The molecule has 154 valence electrons. The van der Waals surface area contributed by atoms with Gasteiger partial charge >= 0.3 is 0 Å². The fourth-order valence-corrected chi connectivity index (χ4v) is 3.34. The molecule has 1 saturated carbocycles. The van der Waals surface area contributed by atoms with Crippen LogP contribution in [0.15, 0.2) is 42.6 Å². The van der Waals surface area contributed by atoms with Gasteiger partial charge in [-0.1, -0.05) is 12.8 Å². The molecule has 0 bridgehead atoms. The Morgan fingerprint density at radius 2 is 2.00 bits per heavy atom. The number of aromatic nitrogens is 1. The summed E-state index contributed by atoms with van der Waals surface area (Å²) in [6.07, 6.45) is 5.43. The minimum atomic E-state index is -0.447. The molecular formula is C20H26Cl2FN3O2. The molecule has 2 unspecified atom stereocenters. The molecule has 2 atom stereocenters. The van der Waals surface area contributed by atoms with Crippen LogP contribution in [-0.2, 0) is 11.3 Å². The van der Waals surface area contributed by atoms with E-state index in [1.165, 1.54) is 24.3 Å². The van der Waals surface area contributed by atoms with Gasteiger partial charge in [-0.2, -0.15) is 0 Å². The summed E-state index contributed by atoms with van der Waals surface area (Å²) in [5.74, 6) is 0.405. The van der Waals surface area contributed by atoms with Gasteiger partial charge in [0.15, 0.2) is 0 Å². The first-order chi connectivity index (χ1) is 12.4. The Bertz CT molecular complexity index is 772. The van der Waals surface area contributed by atoms with E-state index in [0.29, 0.717) is 18.2 Å². The van der Waals surface area contributed by atoms with Crippen LogP contribution in [0.25, 0.3) is 0 Å². The van der Waals surface area contributed by atoms with E-state index in [2.05, 4.69) is 10.3 Å². The second kappa shape index (κ2) is 10.6. The van der Waals surface area contributed by atoms with E-state index in [-0.39, 0.29) is 42.5 Å². The van der Waals surface area contributed by atoms with Gasteiger partial charge in [0, 0.05) is 24.3 Å². The lowest BCUT2D eigenvalue weighted by Gasteiger charge is -2.37. The van der Waals surface area contributed by atoms with Crippen molar-refractivity contribution in [2.24, 2.45) is 11.7 Å². The number of benzene rings is 1. The Morgan fingerprint density at radius 1 is 1.29 bits per heavy atom. The van der Waals surface area contributed by atoms with Gasteiger partial charge in [0.25, 0.3) is 0 Å². The maximum absolute atomic E-state index is 13.0. The van der Waals surface area contributed by atoms with Crippen molar-refractivity contribution in [2.45, 2.75) is 44.7 Å². The average molecular weight is 430 g/mol. The predicted molar refractivity (Wildman–Crippen MR) is 112 cm³/mol. The Hall–Kier alpha value is -1.89. The van der Waals surface area contributed by atoms with Gasteiger partial charge in [-0.15, -0.1) is 24.8 Å². The maximum atomic E-state index is 13.0. The van der Waals surface area contributed by atoms with Crippen LogP contribution in [0.2, 0.25) is 0 Å². The zero-order chi connectivity index (χ0) is 18.6. The van der Waals surface area contributed by atoms with Gasteiger partial charge in [0.1, 0.15) is 11.6 Å². The first-order valence-electron chi connectivity index (χ1n) is 8.89. The maximum Gasteiger partial charge on any atom is 0.225 e. The third-order valence-corrected chi connectivity index (χ3v) is 4.87. The van der Waals surface area contributed by atoms with Gasteiger partial charge < -0.3 is 15.8 Å². The Labute approximate surface area is 177 Å². The SMILES string of the molecule is CC1(N)CCCCC1C(=O)NCc1ccnc(Oc2ccc(F)cc2)c1.Cl.Cl. The molecule has 0 aliphatic heterocycles. The van der Waals surface area contributed by atoms with Crippen molar-refractivity contribution in [3.05, 3.63) is 54.0 Å². The fourth-order valence-electron chi connectivity index (χ4n) is 3.34. The zero-order valence-corrected chi connectivity index (χ0v) is 17.3. The number of rotatable bonds is 5. The molecule has 1 aromatic carbocycles. The zero-order valence-electron chi connectivity index (χ0n) is 15.7. The average Bonchev–Trinajstić information content (AvgIpc) is 2.62. The number of nitrogens with zero attached hydrogens (tertiary/aromatic N) is 1. The molecular weight excluding hydrogens is 404 g/mol. The summed E-state index contributed by atoms with van der Waals surface area (Å²) in [6, 6.07) is 9.31. The molecule has 1 aliphatic rings. The number of carbonyl (C=O) groups is 1. The van der Waals surface area contributed by atoms with Gasteiger partial charge in [0.05, 0.1) is 5.92 Å². The van der Waals surface area contributed by atoms with Crippen molar-refractivity contribution in [1.82, 2.24) is 10.3 Å². The summed E-state index contributed by atoms with van der Waals surface area (Å²) in [6.45, 7) is 2.34. The van der Waals surface area contributed by atoms with Crippen molar-refractivity contribution < 1.29 is 13.9 Å². The summed E-state index contributed by atoms with van der Waals surface area (Å²) in [7, 11) is 0. The number of nitrogens with one attached hydrogen (secondary N) is 1. The molecule has 0 spiro atoms. The van der Waals surface area contributed by atoms with Crippen LogP contribution in [0.3, 0.4) is 0 Å². The summed E-state index contributed by atoms with van der Waals surface area (Å²) in [5.41, 5.74) is 6.72. The van der Waals surface area contributed by atoms with Gasteiger partial charge in [-0.05, 0) is 55.7 Å². The topological polar surface area (TPSA) is 77.2 Å². The van der Waals surface area contributed by atoms with Gasteiger partial charge in [0.2, 0.25) is 11.8 Å². The van der Waals surface area contributed by atoms with Crippen molar-refractivity contribution in [2.75, 3.05) is 0 Å². The standard InChI is InChI=1S/C20H24FN3O2.2ClH/c1-20(22)10-3-2-4-17(20)19(25)24-13-14-9-11-23-18(12-14)26-16-7-5-15(21)6-8-16;;/h5-9,11-12,17H,2-4,10,13,22H2,1H3,(H,24,25);2*1H. The van der Waals surface area contributed by atoms with E-state index < -0.39 is 5.54 Å². The first kappa shape index (κ1) is 24.1. The molecule has 5 nitrogen and oxygen atoms in total. The van der Waals surface area contributed by atoms with E-state index in [0.717, 1.165) is 31.2 Å². The number of ether oxygens (including phenoxy) is 1. The molecule has 1 heterocycles. The highest BCUT2D eigenvalue weighted by atomic mass is 35.5. The normalized spacial score (nSPS) is 21.0. The smallest absolute Gasteiger partial charge is 0.225 e. The largest absolute Gasteiger partial charge is 0.439 e. The van der Waals surface area contributed by atoms with E-state index in [1.54, 1.807) is 12.3 Å². The molecule has 8 heteroatoms. The van der Waals surface area contributed by atoms with Crippen molar-refractivity contribution in [3.63, 3.8) is 0 Å². The van der Waals surface area contributed by atoms with E-state index in [4.69, 9.17) is 10.5 Å². The van der Waals surface area contributed by atoms with Crippen LogP contribution in [-0.4, -0.2) is 16.4 Å². The number of hydrogen-bond acceptors (Lipinski definition) is 4. The Kier molecular flexibility index (Phi) is 9.14. The molecule has 1 amide bonds. The van der Waals surface area contributed by atoms with E-state index in [1.807, 2.05) is 13.0 Å². The van der Waals surface area contributed by atoms with Crippen LogP contribution >= 0.6 is 24.8 Å². The van der Waals surface area contributed by atoms with Gasteiger partial charge in [-0.3, -0.25) is 4.79 Å². The minimum Gasteiger partial charge on any atom is -0.439 e. The molecule has 0 saturated heterocycles. The van der Waals surface area contributed by atoms with E-state index >= 15 is 0 Å². The minimum absolute atomic E-state index is 0. The monoisotopic (exact) mass is 429 g/mol. The third-order valence-electron chi connectivity index (χ3n) is 4.87. The number of hydrogen-bond donors (Lipinski definition) is 2. The summed E-state index contributed by atoms with van der Waals surface area (Å²) < 4.78 is 18.6. The number of carbonyl (C=O) groups excluding carboxylic acids is 1. The molecule has 28 heavy (non-hydrogen) atoms. The van der Waals surface area contributed by atoms with Crippen LogP contribution in [0, 0.1) is 11.7 Å². The molecule has 1 aromatic heterocycles. The Morgan fingerprint density at radius 3 is 2.68 bits per heavy atom. The molecule has 0 radical (unpaired) electrons. The second-order valence-electron chi connectivity index (χ2n) is 7.08. The highest BCUT2D eigenvalue weighted by Gasteiger charge is 2.37. The number of nitrogens with two attached hydrogens (primary N) is 1. The summed E-state index contributed by atoms with van der Waals surface area (Å²) in [4.78, 5) is 16.7. The van der Waals surface area contributed by atoms with Crippen LogP contribution < -0.4 is 15.8 Å². The first-order valence-corrected chi connectivity index (χ1v) is 8.89. The van der Waals surface area contributed by atoms with Crippen molar-refractivity contribution >= 4 is 30.7 Å². The van der Waals surface area contributed by atoms with E-state index in [9.17, 15) is 9.18 Å². The summed E-state index contributed by atoms with van der Waals surface area (Å²) >= 11 is 0. The predicted octanol–water partition coefficient (Wildman–Crippen LogP) is 4.38. The summed E-state index contributed by atoms with van der Waals surface area (Å²) in [5, 5.41) is 2.97. The van der Waals surface area contributed by atoms with Crippen molar-refractivity contribution in [3.8, 4) is 11.6 Å². The molecule has 3 N–H and O–H groups in total. The van der Waals surface area contributed by atoms with Gasteiger partial charge in [-0.25, -0.2) is 9.37 Å². The quantitative estimate of drug-likeness (QED) is 0.738. The lowest BCUT2D eigenvalue weighted by molar-refractivity contribution is -0.128. The third kappa shape index (κ3) is 6.33. The molecule has 1 fully saturated rings.